The van der Waals surface area contributed by atoms with Crippen molar-refractivity contribution in [2.45, 2.75) is 25.0 Å². The Morgan fingerprint density at radius 2 is 2.12 bits per heavy atom. The number of benzene rings is 1. The van der Waals surface area contributed by atoms with Gasteiger partial charge in [0.1, 0.15) is 4.88 Å². The Hall–Kier alpha value is -1.57. The standard InChI is InChI=1S/C18H18ClN3O2S2/c1-11-6-8-22(9-7-11)14(23)10-25-18-21-20-17(24-18)16-15(19)12-4-2-3-5-13(12)26-16/h2-5,11H,6-10H2,1H3. The maximum atomic E-state index is 12.3. The molecule has 0 atom stereocenters. The van der Waals surface area contributed by atoms with Crippen LogP contribution in [0.2, 0.25) is 5.02 Å². The number of likely N-dealkylation sites (tertiary alicyclic amines) is 1. The second-order valence-electron chi connectivity index (χ2n) is 6.47. The monoisotopic (exact) mass is 407 g/mol. The highest BCUT2D eigenvalue weighted by Crippen LogP contribution is 2.41. The predicted octanol–water partition coefficient (Wildman–Crippen LogP) is 4.96. The highest BCUT2D eigenvalue weighted by Gasteiger charge is 2.22. The van der Waals surface area contributed by atoms with Crippen molar-refractivity contribution in [3.63, 3.8) is 0 Å². The van der Waals surface area contributed by atoms with E-state index < -0.39 is 0 Å². The number of fused-ring (bicyclic) bond motifs is 1. The molecule has 1 fully saturated rings. The van der Waals surface area contributed by atoms with Crippen molar-refractivity contribution in [3.05, 3.63) is 29.3 Å². The van der Waals surface area contributed by atoms with Crippen LogP contribution in [-0.2, 0) is 4.79 Å². The predicted molar refractivity (Wildman–Crippen MR) is 106 cm³/mol. The average Bonchev–Trinajstić information content (AvgIpc) is 3.25. The molecule has 0 bridgehead atoms. The summed E-state index contributed by atoms with van der Waals surface area (Å²) in [6.45, 7) is 3.91. The fourth-order valence-corrected chi connectivity index (χ4v) is 5.08. The fraction of sp³-hybridized carbons (Fsp3) is 0.389. The highest BCUT2D eigenvalue weighted by atomic mass is 35.5. The number of piperidine rings is 1. The number of amides is 1. The van der Waals surface area contributed by atoms with Crippen LogP contribution in [0.1, 0.15) is 19.8 Å². The molecule has 0 radical (unpaired) electrons. The van der Waals surface area contributed by atoms with Crippen LogP contribution in [0.15, 0.2) is 33.9 Å². The first kappa shape index (κ1) is 17.8. The van der Waals surface area contributed by atoms with Gasteiger partial charge in [-0.2, -0.15) is 0 Å². The van der Waals surface area contributed by atoms with E-state index in [1.807, 2.05) is 29.2 Å². The van der Waals surface area contributed by atoms with Gasteiger partial charge in [-0.1, -0.05) is 48.5 Å². The summed E-state index contributed by atoms with van der Waals surface area (Å²) in [5.41, 5.74) is 0. The van der Waals surface area contributed by atoms with Crippen molar-refractivity contribution in [3.8, 4) is 10.8 Å². The molecule has 0 aliphatic carbocycles. The summed E-state index contributed by atoms with van der Waals surface area (Å²) in [7, 11) is 0. The number of nitrogens with zero attached hydrogens (tertiary/aromatic N) is 3. The summed E-state index contributed by atoms with van der Waals surface area (Å²) < 4.78 is 6.81. The third kappa shape index (κ3) is 3.61. The highest BCUT2D eigenvalue weighted by molar-refractivity contribution is 7.99. The van der Waals surface area contributed by atoms with Gasteiger partial charge in [-0.25, -0.2) is 0 Å². The molecule has 2 aromatic heterocycles. The van der Waals surface area contributed by atoms with E-state index in [2.05, 4.69) is 17.1 Å². The van der Waals surface area contributed by atoms with Gasteiger partial charge in [-0.15, -0.1) is 21.5 Å². The van der Waals surface area contributed by atoms with Gasteiger partial charge in [0.05, 0.1) is 10.8 Å². The molecule has 1 saturated heterocycles. The van der Waals surface area contributed by atoms with Crippen molar-refractivity contribution in [1.29, 1.82) is 0 Å². The van der Waals surface area contributed by atoms with Crippen molar-refractivity contribution >= 4 is 50.7 Å². The zero-order valence-electron chi connectivity index (χ0n) is 14.3. The number of carbonyl (C=O) groups excluding carboxylic acids is 1. The summed E-state index contributed by atoms with van der Waals surface area (Å²) in [6.07, 6.45) is 2.15. The number of hydrogen-bond donors (Lipinski definition) is 0. The molecule has 0 spiro atoms. The van der Waals surface area contributed by atoms with Crippen LogP contribution in [0, 0.1) is 5.92 Å². The third-order valence-electron chi connectivity index (χ3n) is 4.59. The molecule has 3 aromatic rings. The summed E-state index contributed by atoms with van der Waals surface area (Å²) >= 11 is 9.26. The first-order valence-electron chi connectivity index (χ1n) is 8.53. The minimum Gasteiger partial charge on any atom is -0.410 e. The molecule has 0 N–H and O–H groups in total. The maximum Gasteiger partial charge on any atom is 0.277 e. The molecule has 1 aliphatic rings. The van der Waals surface area contributed by atoms with Gasteiger partial charge in [0.2, 0.25) is 5.91 Å². The first-order valence-corrected chi connectivity index (χ1v) is 10.7. The molecular weight excluding hydrogens is 390 g/mol. The SMILES string of the molecule is CC1CCN(C(=O)CSc2nnc(-c3sc4ccccc4c3Cl)o2)CC1. The number of hydrogen-bond acceptors (Lipinski definition) is 6. The van der Waals surface area contributed by atoms with Crippen molar-refractivity contribution < 1.29 is 9.21 Å². The summed E-state index contributed by atoms with van der Waals surface area (Å²) in [5.74, 6) is 1.55. The fourth-order valence-electron chi connectivity index (χ4n) is 2.98. The molecule has 1 amide bonds. The van der Waals surface area contributed by atoms with Gasteiger partial charge in [0, 0.05) is 23.2 Å². The maximum absolute atomic E-state index is 12.3. The molecule has 3 heterocycles. The van der Waals surface area contributed by atoms with Crippen LogP contribution in [0.3, 0.4) is 0 Å². The first-order chi connectivity index (χ1) is 12.6. The molecule has 4 rings (SSSR count). The smallest absolute Gasteiger partial charge is 0.277 e. The normalized spacial score (nSPS) is 15.7. The molecule has 1 aliphatic heterocycles. The molecule has 26 heavy (non-hydrogen) atoms. The Balaban J connectivity index is 1.43. The zero-order chi connectivity index (χ0) is 18.1. The summed E-state index contributed by atoms with van der Waals surface area (Å²) in [5, 5.41) is 10.2. The molecule has 136 valence electrons. The van der Waals surface area contributed by atoms with Crippen LogP contribution in [0.5, 0.6) is 0 Å². The van der Waals surface area contributed by atoms with E-state index in [9.17, 15) is 4.79 Å². The number of carbonyl (C=O) groups is 1. The van der Waals surface area contributed by atoms with E-state index in [-0.39, 0.29) is 5.91 Å². The minimum atomic E-state index is 0.126. The Morgan fingerprint density at radius 3 is 2.88 bits per heavy atom. The van der Waals surface area contributed by atoms with Crippen LogP contribution < -0.4 is 0 Å². The van der Waals surface area contributed by atoms with Crippen LogP contribution >= 0.6 is 34.7 Å². The molecule has 8 heteroatoms. The second kappa shape index (κ2) is 7.58. The van der Waals surface area contributed by atoms with Gasteiger partial charge < -0.3 is 9.32 Å². The number of thiophene rings is 1. The quantitative estimate of drug-likeness (QED) is 0.572. The Bertz CT molecular complexity index is 932. The van der Waals surface area contributed by atoms with Crippen molar-refractivity contribution in [2.75, 3.05) is 18.8 Å². The Kier molecular flexibility index (Phi) is 5.20. The molecule has 0 unspecified atom stereocenters. The average molecular weight is 408 g/mol. The number of aromatic nitrogens is 2. The van der Waals surface area contributed by atoms with E-state index >= 15 is 0 Å². The second-order valence-corrected chi connectivity index (χ2v) is 8.82. The van der Waals surface area contributed by atoms with E-state index in [4.69, 9.17) is 16.0 Å². The zero-order valence-corrected chi connectivity index (χ0v) is 16.7. The molecular formula is C18H18ClN3O2S2. The lowest BCUT2D eigenvalue weighted by atomic mass is 9.99. The minimum absolute atomic E-state index is 0.126. The third-order valence-corrected chi connectivity index (χ3v) is 7.06. The van der Waals surface area contributed by atoms with Crippen molar-refractivity contribution in [1.82, 2.24) is 15.1 Å². The van der Waals surface area contributed by atoms with Gasteiger partial charge in [0.15, 0.2) is 0 Å². The van der Waals surface area contributed by atoms with Gasteiger partial charge in [0.25, 0.3) is 11.1 Å². The Morgan fingerprint density at radius 1 is 1.35 bits per heavy atom. The largest absolute Gasteiger partial charge is 0.410 e. The van der Waals surface area contributed by atoms with E-state index in [0.29, 0.717) is 27.8 Å². The lowest BCUT2D eigenvalue weighted by Gasteiger charge is -2.30. The summed E-state index contributed by atoms with van der Waals surface area (Å²) in [4.78, 5) is 15.0. The van der Waals surface area contributed by atoms with Crippen LogP contribution in [0.25, 0.3) is 20.9 Å². The molecule has 1 aromatic carbocycles. The van der Waals surface area contributed by atoms with E-state index in [0.717, 1.165) is 40.9 Å². The van der Waals surface area contributed by atoms with Gasteiger partial charge in [-0.05, 0) is 24.8 Å². The van der Waals surface area contributed by atoms with Gasteiger partial charge >= 0.3 is 0 Å². The molecule has 5 nitrogen and oxygen atoms in total. The lowest BCUT2D eigenvalue weighted by Crippen LogP contribution is -2.38. The number of rotatable bonds is 4. The van der Waals surface area contributed by atoms with Crippen LogP contribution in [0.4, 0.5) is 0 Å². The van der Waals surface area contributed by atoms with Gasteiger partial charge in [-0.3, -0.25) is 4.79 Å². The van der Waals surface area contributed by atoms with E-state index in [1.165, 1.54) is 23.1 Å². The number of halogens is 1. The topological polar surface area (TPSA) is 59.2 Å². The van der Waals surface area contributed by atoms with Crippen LogP contribution in [-0.4, -0.2) is 39.8 Å². The summed E-state index contributed by atoms with van der Waals surface area (Å²) in [6, 6.07) is 7.91. The number of thioether (sulfide) groups is 1. The van der Waals surface area contributed by atoms with E-state index in [1.54, 1.807) is 0 Å². The molecule has 0 saturated carbocycles. The lowest BCUT2D eigenvalue weighted by molar-refractivity contribution is -0.129. The van der Waals surface area contributed by atoms with Crippen molar-refractivity contribution in [2.24, 2.45) is 5.92 Å². The Labute approximate surface area is 164 Å².